The minimum absolute atomic E-state index is 0.383. The molecule has 0 unspecified atom stereocenters. The Balaban J connectivity index is 1.86. The van der Waals surface area contributed by atoms with Gasteiger partial charge >= 0.3 is 0 Å². The van der Waals surface area contributed by atoms with Crippen LogP contribution in [0.5, 0.6) is 11.5 Å². The number of nitrogens with one attached hydrogen (secondary N) is 1. The van der Waals surface area contributed by atoms with E-state index in [0.29, 0.717) is 31.1 Å². The van der Waals surface area contributed by atoms with Crippen LogP contribution >= 0.6 is 11.8 Å². The normalized spacial score (nSPS) is 11.5. The van der Waals surface area contributed by atoms with E-state index in [2.05, 4.69) is 14.9 Å². The summed E-state index contributed by atoms with van der Waals surface area (Å²) < 4.78 is 37.7. The highest BCUT2D eigenvalue weighted by Crippen LogP contribution is 2.30. The fourth-order valence-corrected chi connectivity index (χ4v) is 4.28. The first-order chi connectivity index (χ1) is 14.9. The first kappa shape index (κ1) is 23.1. The summed E-state index contributed by atoms with van der Waals surface area (Å²) in [5.41, 5.74) is 1.82. The van der Waals surface area contributed by atoms with Crippen molar-refractivity contribution in [3.8, 4) is 28.6 Å². The third-order valence-electron chi connectivity index (χ3n) is 4.30. The molecule has 10 heteroatoms. The molecule has 2 aromatic carbocycles. The van der Waals surface area contributed by atoms with Crippen LogP contribution in [0.3, 0.4) is 0 Å². The fourth-order valence-electron chi connectivity index (χ4n) is 2.87. The van der Waals surface area contributed by atoms with E-state index in [-0.39, 0.29) is 0 Å². The summed E-state index contributed by atoms with van der Waals surface area (Å²) in [5, 5.41) is 9.55. The average molecular weight is 463 g/mol. The lowest BCUT2D eigenvalue weighted by molar-refractivity contribution is 0.340. The van der Waals surface area contributed by atoms with Crippen LogP contribution in [0, 0.1) is 0 Å². The summed E-state index contributed by atoms with van der Waals surface area (Å²) in [4.78, 5) is 0. The molecule has 1 N–H and O–H groups in total. The molecule has 0 spiro atoms. The number of ether oxygens (including phenoxy) is 2. The van der Waals surface area contributed by atoms with Crippen molar-refractivity contribution in [2.24, 2.45) is 0 Å². The molecular formula is C21H26N4O4S2. The Bertz CT molecular complexity index is 1080. The summed E-state index contributed by atoms with van der Waals surface area (Å²) in [7, 11) is -1.55. The van der Waals surface area contributed by atoms with Crippen molar-refractivity contribution in [2.75, 3.05) is 32.3 Å². The molecule has 0 aliphatic carbocycles. The van der Waals surface area contributed by atoms with Crippen molar-refractivity contribution in [1.82, 2.24) is 19.5 Å². The lowest BCUT2D eigenvalue weighted by atomic mass is 10.2. The maximum Gasteiger partial charge on any atom is 0.208 e. The predicted molar refractivity (Wildman–Crippen MR) is 123 cm³/mol. The van der Waals surface area contributed by atoms with Crippen LogP contribution in [0.1, 0.15) is 13.3 Å². The van der Waals surface area contributed by atoms with Crippen molar-refractivity contribution in [3.63, 3.8) is 0 Å². The molecule has 3 aromatic rings. The number of methoxy groups -OCH3 is 1. The fraction of sp³-hybridized carbons (Fsp3) is 0.333. The van der Waals surface area contributed by atoms with E-state index < -0.39 is 10.0 Å². The van der Waals surface area contributed by atoms with E-state index in [0.717, 1.165) is 34.2 Å². The van der Waals surface area contributed by atoms with Gasteiger partial charge in [-0.05, 0) is 61.9 Å². The molecule has 166 valence electrons. The second-order valence-corrected chi connectivity index (χ2v) is 9.56. The van der Waals surface area contributed by atoms with Crippen molar-refractivity contribution < 1.29 is 17.9 Å². The Morgan fingerprint density at radius 1 is 1.03 bits per heavy atom. The highest BCUT2D eigenvalue weighted by Gasteiger charge is 2.16. The molecule has 0 radical (unpaired) electrons. The van der Waals surface area contributed by atoms with Gasteiger partial charge in [-0.1, -0.05) is 11.8 Å². The van der Waals surface area contributed by atoms with Crippen molar-refractivity contribution in [2.45, 2.75) is 18.5 Å². The number of aromatic nitrogens is 3. The molecule has 31 heavy (non-hydrogen) atoms. The Kier molecular flexibility index (Phi) is 7.94. The second kappa shape index (κ2) is 10.7. The average Bonchev–Trinajstić information content (AvgIpc) is 3.17. The van der Waals surface area contributed by atoms with Crippen molar-refractivity contribution in [3.05, 3.63) is 48.5 Å². The highest BCUT2D eigenvalue weighted by molar-refractivity contribution is 7.99. The minimum atomic E-state index is -3.18. The molecule has 1 heterocycles. The Morgan fingerprint density at radius 3 is 2.32 bits per heavy atom. The van der Waals surface area contributed by atoms with Gasteiger partial charge in [0.1, 0.15) is 11.5 Å². The number of sulfonamides is 1. The Morgan fingerprint density at radius 2 is 1.71 bits per heavy atom. The first-order valence-corrected chi connectivity index (χ1v) is 12.7. The van der Waals surface area contributed by atoms with Gasteiger partial charge in [-0.15, -0.1) is 10.2 Å². The van der Waals surface area contributed by atoms with Crippen LogP contribution in [0.25, 0.3) is 17.1 Å². The van der Waals surface area contributed by atoms with Crippen molar-refractivity contribution in [1.29, 1.82) is 0 Å². The largest absolute Gasteiger partial charge is 0.497 e. The van der Waals surface area contributed by atoms with Gasteiger partial charge in [0.05, 0.1) is 20.0 Å². The van der Waals surface area contributed by atoms with Crippen molar-refractivity contribution >= 4 is 21.8 Å². The summed E-state index contributed by atoms with van der Waals surface area (Å²) in [5.74, 6) is 2.97. The summed E-state index contributed by atoms with van der Waals surface area (Å²) >= 11 is 1.53. The molecule has 0 atom stereocenters. The molecule has 0 saturated heterocycles. The molecule has 0 aliphatic rings. The maximum atomic E-state index is 11.2. The van der Waals surface area contributed by atoms with Gasteiger partial charge in [-0.25, -0.2) is 13.1 Å². The van der Waals surface area contributed by atoms with Crippen LogP contribution in [0.4, 0.5) is 0 Å². The maximum absolute atomic E-state index is 11.2. The number of benzene rings is 2. The quantitative estimate of drug-likeness (QED) is 0.345. The molecular weight excluding hydrogens is 436 g/mol. The van der Waals surface area contributed by atoms with Crippen LogP contribution in [0.15, 0.2) is 53.7 Å². The van der Waals surface area contributed by atoms with E-state index >= 15 is 0 Å². The number of hydrogen-bond donors (Lipinski definition) is 1. The van der Waals surface area contributed by atoms with Gasteiger partial charge in [0.2, 0.25) is 10.0 Å². The number of nitrogens with zero attached hydrogens (tertiary/aromatic N) is 3. The van der Waals surface area contributed by atoms with Gasteiger partial charge in [-0.3, -0.25) is 4.57 Å². The molecule has 0 bridgehead atoms. The van der Waals surface area contributed by atoms with Gasteiger partial charge in [0.15, 0.2) is 11.0 Å². The molecule has 1 aromatic heterocycles. The zero-order valence-electron chi connectivity index (χ0n) is 17.7. The molecule has 0 amide bonds. The van der Waals surface area contributed by atoms with E-state index in [1.165, 1.54) is 11.8 Å². The molecule has 0 saturated carbocycles. The van der Waals surface area contributed by atoms with Crippen LogP contribution in [-0.4, -0.2) is 55.5 Å². The van der Waals surface area contributed by atoms with Crippen LogP contribution in [-0.2, 0) is 10.0 Å². The molecule has 0 aliphatic heterocycles. The molecule has 8 nitrogen and oxygen atoms in total. The molecule has 3 rings (SSSR count). The zero-order chi connectivity index (χ0) is 22.3. The van der Waals surface area contributed by atoms with Gasteiger partial charge < -0.3 is 9.47 Å². The van der Waals surface area contributed by atoms with E-state index in [1.807, 2.05) is 60.0 Å². The first-order valence-electron chi connectivity index (χ1n) is 9.82. The topological polar surface area (TPSA) is 95.3 Å². The standard InChI is InChI=1S/C21H26N4O4S2/c1-4-29-19-12-8-17(9-13-19)25-20(16-6-10-18(28-2)11-7-16)23-24-21(25)30-15-5-14-22-31(3,26)27/h6-13,22H,4-5,14-15H2,1-3H3. The zero-order valence-corrected chi connectivity index (χ0v) is 19.4. The third-order valence-corrected chi connectivity index (χ3v) is 6.05. The monoisotopic (exact) mass is 462 g/mol. The van der Waals surface area contributed by atoms with E-state index in [4.69, 9.17) is 9.47 Å². The SMILES string of the molecule is CCOc1ccc(-n2c(SCCCNS(C)(=O)=O)nnc2-c2ccc(OC)cc2)cc1. The summed E-state index contributed by atoms with van der Waals surface area (Å²) in [6.45, 7) is 2.93. The minimum Gasteiger partial charge on any atom is -0.497 e. The highest BCUT2D eigenvalue weighted by atomic mass is 32.2. The lowest BCUT2D eigenvalue weighted by Gasteiger charge is -2.12. The number of rotatable bonds is 11. The predicted octanol–water partition coefficient (Wildman–Crippen LogP) is 3.37. The summed E-state index contributed by atoms with van der Waals surface area (Å²) in [6.07, 6.45) is 1.83. The Labute approximate surface area is 187 Å². The number of hydrogen-bond acceptors (Lipinski definition) is 7. The van der Waals surface area contributed by atoms with Gasteiger partial charge in [0.25, 0.3) is 0 Å². The van der Waals surface area contributed by atoms with Gasteiger partial charge in [-0.2, -0.15) is 0 Å². The number of thioether (sulfide) groups is 1. The third kappa shape index (κ3) is 6.46. The van der Waals surface area contributed by atoms with E-state index in [9.17, 15) is 8.42 Å². The second-order valence-electron chi connectivity index (χ2n) is 6.67. The molecule has 0 fully saturated rings. The van der Waals surface area contributed by atoms with Crippen LogP contribution < -0.4 is 14.2 Å². The lowest BCUT2D eigenvalue weighted by Crippen LogP contribution is -2.23. The smallest absolute Gasteiger partial charge is 0.208 e. The Hall–Kier alpha value is -2.56. The van der Waals surface area contributed by atoms with Crippen LogP contribution in [0.2, 0.25) is 0 Å². The van der Waals surface area contributed by atoms with E-state index in [1.54, 1.807) is 7.11 Å². The summed E-state index contributed by atoms with van der Waals surface area (Å²) in [6, 6.07) is 15.4. The van der Waals surface area contributed by atoms with Gasteiger partial charge in [0, 0.05) is 23.5 Å².